The van der Waals surface area contributed by atoms with Crippen molar-refractivity contribution in [1.29, 1.82) is 0 Å². The maximum atomic E-state index is 5.92. The van der Waals surface area contributed by atoms with Crippen LogP contribution >= 0.6 is 0 Å². The molecule has 0 saturated carbocycles. The zero-order chi connectivity index (χ0) is 19.2. The third-order valence-electron chi connectivity index (χ3n) is 4.87. The lowest BCUT2D eigenvalue weighted by atomic mass is 9.95. The fourth-order valence-corrected chi connectivity index (χ4v) is 3.49. The van der Waals surface area contributed by atoms with E-state index in [0.29, 0.717) is 13.2 Å². The van der Waals surface area contributed by atoms with Crippen molar-refractivity contribution in [2.24, 2.45) is 4.99 Å². The van der Waals surface area contributed by atoms with Crippen molar-refractivity contribution in [3.05, 3.63) is 102 Å². The van der Waals surface area contributed by atoms with E-state index in [1.54, 1.807) is 7.11 Å². The number of amidine groups is 1. The molecule has 0 radical (unpaired) electrons. The standard InChI is InChI=1S/C24H24N2O2/c1-27-21-14-8-9-18(15-21)16-28-17-22-25-23(19-10-4-2-5-11-19)24(26-22)20-12-6-3-7-13-20/h2-15,23-24H,16-17H2,1H3,(H,25,26)/t23-,24+. The summed E-state index contributed by atoms with van der Waals surface area (Å²) in [5.74, 6) is 1.72. The van der Waals surface area contributed by atoms with Crippen LogP contribution in [0.1, 0.15) is 28.8 Å². The second-order valence-corrected chi connectivity index (χ2v) is 6.81. The number of methoxy groups -OCH3 is 1. The van der Waals surface area contributed by atoms with Gasteiger partial charge in [-0.2, -0.15) is 0 Å². The molecule has 0 aromatic heterocycles. The van der Waals surface area contributed by atoms with Gasteiger partial charge in [-0.3, -0.25) is 4.99 Å². The summed E-state index contributed by atoms with van der Waals surface area (Å²) < 4.78 is 11.2. The van der Waals surface area contributed by atoms with Gasteiger partial charge >= 0.3 is 0 Å². The summed E-state index contributed by atoms with van der Waals surface area (Å²) in [6.07, 6.45) is 0. The Morgan fingerprint density at radius 1 is 0.821 bits per heavy atom. The van der Waals surface area contributed by atoms with E-state index >= 15 is 0 Å². The summed E-state index contributed by atoms with van der Waals surface area (Å²) in [5, 5.41) is 3.56. The Morgan fingerprint density at radius 2 is 1.54 bits per heavy atom. The second-order valence-electron chi connectivity index (χ2n) is 6.81. The molecule has 0 aliphatic carbocycles. The quantitative estimate of drug-likeness (QED) is 0.654. The van der Waals surface area contributed by atoms with Crippen LogP contribution in [0.3, 0.4) is 0 Å². The first-order chi connectivity index (χ1) is 13.8. The molecule has 3 aromatic rings. The summed E-state index contributed by atoms with van der Waals surface area (Å²) in [4.78, 5) is 4.94. The Hall–Kier alpha value is -3.11. The minimum Gasteiger partial charge on any atom is -0.497 e. The predicted octanol–water partition coefficient (Wildman–Crippen LogP) is 4.70. The molecule has 4 heteroatoms. The molecule has 28 heavy (non-hydrogen) atoms. The number of aliphatic imine (C=N–C) groups is 1. The largest absolute Gasteiger partial charge is 0.497 e. The monoisotopic (exact) mass is 372 g/mol. The first-order valence-corrected chi connectivity index (χ1v) is 9.47. The highest BCUT2D eigenvalue weighted by Gasteiger charge is 2.30. The van der Waals surface area contributed by atoms with Crippen LogP contribution in [0.15, 0.2) is 89.9 Å². The van der Waals surface area contributed by atoms with E-state index in [4.69, 9.17) is 14.5 Å². The summed E-state index contributed by atoms with van der Waals surface area (Å²) in [7, 11) is 1.67. The summed E-state index contributed by atoms with van der Waals surface area (Å²) in [6.45, 7) is 0.966. The van der Waals surface area contributed by atoms with Crippen LogP contribution < -0.4 is 10.1 Å². The van der Waals surface area contributed by atoms with E-state index in [9.17, 15) is 0 Å². The number of ether oxygens (including phenoxy) is 2. The number of benzene rings is 3. The van der Waals surface area contributed by atoms with Crippen molar-refractivity contribution in [2.75, 3.05) is 13.7 Å². The number of hydrogen-bond donors (Lipinski definition) is 1. The zero-order valence-corrected chi connectivity index (χ0v) is 15.9. The fraction of sp³-hybridized carbons (Fsp3) is 0.208. The van der Waals surface area contributed by atoms with E-state index in [2.05, 4.69) is 53.8 Å². The third-order valence-corrected chi connectivity index (χ3v) is 4.87. The molecule has 0 spiro atoms. The van der Waals surface area contributed by atoms with Crippen LogP contribution in [-0.4, -0.2) is 19.6 Å². The minimum absolute atomic E-state index is 0.0408. The molecule has 0 amide bonds. The second kappa shape index (κ2) is 8.72. The molecule has 4 nitrogen and oxygen atoms in total. The molecule has 0 saturated heterocycles. The van der Waals surface area contributed by atoms with Crippen LogP contribution in [0.4, 0.5) is 0 Å². The summed E-state index contributed by atoms with van der Waals surface area (Å²) in [6, 6.07) is 28.9. The smallest absolute Gasteiger partial charge is 0.124 e. The van der Waals surface area contributed by atoms with E-state index in [1.807, 2.05) is 36.4 Å². The lowest BCUT2D eigenvalue weighted by Crippen LogP contribution is -2.27. The van der Waals surface area contributed by atoms with Gasteiger partial charge in [0.15, 0.2) is 0 Å². The van der Waals surface area contributed by atoms with Gasteiger partial charge in [-0.05, 0) is 28.8 Å². The van der Waals surface area contributed by atoms with Crippen molar-refractivity contribution in [2.45, 2.75) is 18.7 Å². The fourth-order valence-electron chi connectivity index (χ4n) is 3.49. The van der Waals surface area contributed by atoms with Gasteiger partial charge in [0.05, 0.1) is 19.8 Å². The third kappa shape index (κ3) is 4.24. The van der Waals surface area contributed by atoms with Gasteiger partial charge in [0.25, 0.3) is 0 Å². The molecule has 1 aliphatic heterocycles. The average Bonchev–Trinajstić information content (AvgIpc) is 3.19. The van der Waals surface area contributed by atoms with Crippen LogP contribution in [-0.2, 0) is 11.3 Å². The van der Waals surface area contributed by atoms with Gasteiger partial charge in [0.2, 0.25) is 0 Å². The molecule has 4 rings (SSSR count). The van der Waals surface area contributed by atoms with Crippen molar-refractivity contribution in [3.63, 3.8) is 0 Å². The van der Waals surface area contributed by atoms with E-state index in [0.717, 1.165) is 17.1 Å². The van der Waals surface area contributed by atoms with E-state index < -0.39 is 0 Å². The molecular weight excluding hydrogens is 348 g/mol. The first-order valence-electron chi connectivity index (χ1n) is 9.47. The lowest BCUT2D eigenvalue weighted by Gasteiger charge is -2.19. The number of nitrogens with zero attached hydrogens (tertiary/aromatic N) is 1. The number of nitrogens with one attached hydrogen (secondary N) is 1. The molecule has 0 fully saturated rings. The number of rotatable bonds is 7. The zero-order valence-electron chi connectivity index (χ0n) is 15.9. The highest BCUT2D eigenvalue weighted by molar-refractivity contribution is 5.86. The molecule has 3 aromatic carbocycles. The average molecular weight is 372 g/mol. The molecule has 1 N–H and O–H groups in total. The molecular formula is C24H24N2O2. The van der Waals surface area contributed by atoms with Gasteiger partial charge in [0.1, 0.15) is 24.2 Å². The van der Waals surface area contributed by atoms with Crippen molar-refractivity contribution in [3.8, 4) is 5.75 Å². The van der Waals surface area contributed by atoms with Gasteiger partial charge in [-0.1, -0.05) is 72.8 Å². The Balaban J connectivity index is 1.46. The maximum absolute atomic E-state index is 5.92. The highest BCUT2D eigenvalue weighted by atomic mass is 16.5. The topological polar surface area (TPSA) is 42.9 Å². The van der Waals surface area contributed by atoms with E-state index in [-0.39, 0.29) is 12.1 Å². The van der Waals surface area contributed by atoms with Crippen molar-refractivity contribution < 1.29 is 9.47 Å². The first kappa shape index (κ1) is 18.3. The Kier molecular flexibility index (Phi) is 5.69. The summed E-state index contributed by atoms with van der Waals surface area (Å²) in [5.41, 5.74) is 3.51. The van der Waals surface area contributed by atoms with Crippen molar-refractivity contribution in [1.82, 2.24) is 5.32 Å². The van der Waals surface area contributed by atoms with Gasteiger partial charge in [0, 0.05) is 0 Å². The Morgan fingerprint density at radius 3 is 2.25 bits per heavy atom. The minimum atomic E-state index is 0.0408. The van der Waals surface area contributed by atoms with Crippen molar-refractivity contribution >= 4 is 5.84 Å². The van der Waals surface area contributed by atoms with Gasteiger partial charge in [-0.25, -0.2) is 0 Å². The molecule has 0 bridgehead atoms. The molecule has 1 aliphatic rings. The SMILES string of the molecule is COc1cccc(COCC2=N[C@@H](c3ccccc3)[C@@H](c3ccccc3)N2)c1. The van der Waals surface area contributed by atoms with Crippen LogP contribution in [0.25, 0.3) is 0 Å². The summed E-state index contributed by atoms with van der Waals surface area (Å²) >= 11 is 0. The molecule has 142 valence electrons. The van der Waals surface area contributed by atoms with Crippen LogP contribution in [0.2, 0.25) is 0 Å². The van der Waals surface area contributed by atoms with Crippen LogP contribution in [0, 0.1) is 0 Å². The molecule has 1 heterocycles. The molecule has 2 atom stereocenters. The predicted molar refractivity (Wildman–Crippen MR) is 112 cm³/mol. The van der Waals surface area contributed by atoms with E-state index in [1.165, 1.54) is 11.1 Å². The Bertz CT molecular complexity index is 926. The Labute approximate surface area is 165 Å². The normalized spacial score (nSPS) is 18.4. The highest BCUT2D eigenvalue weighted by Crippen LogP contribution is 2.35. The number of hydrogen-bond acceptors (Lipinski definition) is 4. The van der Waals surface area contributed by atoms with Gasteiger partial charge < -0.3 is 14.8 Å². The lowest BCUT2D eigenvalue weighted by molar-refractivity contribution is 0.156. The van der Waals surface area contributed by atoms with Crippen LogP contribution in [0.5, 0.6) is 5.75 Å². The molecule has 0 unspecified atom stereocenters. The van der Waals surface area contributed by atoms with Gasteiger partial charge in [-0.15, -0.1) is 0 Å². The maximum Gasteiger partial charge on any atom is 0.124 e.